The average Bonchev–Trinajstić information content (AvgIpc) is 2.36. The molecule has 0 aliphatic carbocycles. The number of hydrogen-bond acceptors (Lipinski definition) is 2. The highest BCUT2D eigenvalue weighted by Gasteiger charge is 2.15. The number of halogens is 1. The average molecular weight is 285 g/mol. The van der Waals surface area contributed by atoms with Crippen molar-refractivity contribution in [3.05, 3.63) is 35.9 Å². The van der Waals surface area contributed by atoms with Gasteiger partial charge in [0.2, 0.25) is 5.91 Å². The molecule has 19 heavy (non-hydrogen) atoms. The van der Waals surface area contributed by atoms with Crippen molar-refractivity contribution in [3.8, 4) is 0 Å². The van der Waals surface area contributed by atoms with E-state index in [1.54, 1.807) is 0 Å². The van der Waals surface area contributed by atoms with Gasteiger partial charge < -0.3 is 11.1 Å². The lowest BCUT2D eigenvalue weighted by Gasteiger charge is -2.21. The maximum absolute atomic E-state index is 11.8. The number of rotatable bonds is 7. The van der Waals surface area contributed by atoms with E-state index in [0.29, 0.717) is 18.9 Å². The van der Waals surface area contributed by atoms with Crippen molar-refractivity contribution in [1.82, 2.24) is 5.32 Å². The van der Waals surface area contributed by atoms with E-state index in [4.69, 9.17) is 5.73 Å². The quantitative estimate of drug-likeness (QED) is 0.808. The van der Waals surface area contributed by atoms with Gasteiger partial charge in [0.1, 0.15) is 0 Å². The van der Waals surface area contributed by atoms with Gasteiger partial charge >= 0.3 is 0 Å². The van der Waals surface area contributed by atoms with Gasteiger partial charge in [-0.1, -0.05) is 44.2 Å². The van der Waals surface area contributed by atoms with Gasteiger partial charge in [-0.25, -0.2) is 0 Å². The molecule has 0 spiro atoms. The molecule has 1 amide bonds. The van der Waals surface area contributed by atoms with Crippen molar-refractivity contribution < 1.29 is 4.79 Å². The summed E-state index contributed by atoms with van der Waals surface area (Å²) in [5.74, 6) is 0.639. The Balaban J connectivity index is 0.00000324. The first kappa shape index (κ1) is 17.9. The monoisotopic (exact) mass is 284 g/mol. The zero-order chi connectivity index (χ0) is 13.4. The van der Waals surface area contributed by atoms with E-state index >= 15 is 0 Å². The lowest BCUT2D eigenvalue weighted by Crippen LogP contribution is -2.29. The van der Waals surface area contributed by atoms with Crippen molar-refractivity contribution in [2.24, 2.45) is 11.7 Å². The first-order valence-corrected chi connectivity index (χ1v) is 6.68. The maximum Gasteiger partial charge on any atom is 0.220 e. The van der Waals surface area contributed by atoms with Crippen molar-refractivity contribution in [3.63, 3.8) is 0 Å². The van der Waals surface area contributed by atoms with Crippen LogP contribution in [0.15, 0.2) is 30.3 Å². The van der Waals surface area contributed by atoms with Crippen LogP contribution >= 0.6 is 12.4 Å². The highest BCUT2D eigenvalue weighted by atomic mass is 35.5. The molecule has 0 aromatic heterocycles. The van der Waals surface area contributed by atoms with Crippen LogP contribution in [0.25, 0.3) is 0 Å². The molecule has 0 saturated heterocycles. The Hall–Kier alpha value is -1.06. The van der Waals surface area contributed by atoms with Crippen molar-refractivity contribution in [2.45, 2.75) is 39.2 Å². The van der Waals surface area contributed by atoms with Crippen LogP contribution in [0.4, 0.5) is 0 Å². The predicted octanol–water partition coefficient (Wildman–Crippen LogP) is 3.05. The van der Waals surface area contributed by atoms with E-state index in [-0.39, 0.29) is 24.4 Å². The molecule has 108 valence electrons. The summed E-state index contributed by atoms with van der Waals surface area (Å²) >= 11 is 0. The van der Waals surface area contributed by atoms with Gasteiger partial charge in [0.25, 0.3) is 0 Å². The van der Waals surface area contributed by atoms with E-state index in [2.05, 4.69) is 31.3 Å². The minimum absolute atomic E-state index is 0. The molecule has 0 aliphatic heterocycles. The molecule has 4 heteroatoms. The standard InChI is InChI=1S/C15H24N2O.ClH/c1-12(2)11-14(13-7-4-3-5-8-13)17-15(18)9-6-10-16;/h3-5,7-8,12,14H,6,9-11,16H2,1-2H3,(H,17,18);1H. The zero-order valence-corrected chi connectivity index (χ0v) is 12.6. The molecule has 3 N–H and O–H groups in total. The summed E-state index contributed by atoms with van der Waals surface area (Å²) in [5, 5.41) is 3.10. The van der Waals surface area contributed by atoms with Gasteiger partial charge in [-0.3, -0.25) is 4.79 Å². The van der Waals surface area contributed by atoms with Crippen molar-refractivity contribution >= 4 is 18.3 Å². The minimum atomic E-state index is 0. The van der Waals surface area contributed by atoms with Gasteiger partial charge in [-0.15, -0.1) is 12.4 Å². The molecule has 3 nitrogen and oxygen atoms in total. The Morgan fingerprint density at radius 2 is 1.89 bits per heavy atom. The highest BCUT2D eigenvalue weighted by molar-refractivity contribution is 5.85. The largest absolute Gasteiger partial charge is 0.349 e. The fourth-order valence-electron chi connectivity index (χ4n) is 1.96. The van der Waals surface area contributed by atoms with E-state index in [1.807, 2.05) is 18.2 Å². The maximum atomic E-state index is 11.8. The molecular formula is C15H25ClN2O. The van der Waals surface area contributed by atoms with Gasteiger partial charge in [0.15, 0.2) is 0 Å². The smallest absolute Gasteiger partial charge is 0.220 e. The summed E-state index contributed by atoms with van der Waals surface area (Å²) in [5.41, 5.74) is 6.59. The summed E-state index contributed by atoms with van der Waals surface area (Å²) in [7, 11) is 0. The van der Waals surface area contributed by atoms with Crippen molar-refractivity contribution in [2.75, 3.05) is 6.54 Å². The molecule has 0 fully saturated rings. The second-order valence-electron chi connectivity index (χ2n) is 5.05. The van der Waals surface area contributed by atoms with Crippen LogP contribution in [-0.2, 0) is 4.79 Å². The fourth-order valence-corrected chi connectivity index (χ4v) is 1.96. The molecule has 0 aliphatic rings. The molecule has 1 unspecified atom stereocenters. The molecule has 0 saturated carbocycles. The Labute approximate surface area is 122 Å². The number of hydrogen-bond donors (Lipinski definition) is 2. The third-order valence-corrected chi connectivity index (χ3v) is 2.85. The highest BCUT2D eigenvalue weighted by Crippen LogP contribution is 2.21. The fraction of sp³-hybridized carbons (Fsp3) is 0.533. The summed E-state index contributed by atoms with van der Waals surface area (Å²) < 4.78 is 0. The molecule has 1 aromatic carbocycles. The second kappa shape index (κ2) is 9.82. The molecule has 1 rings (SSSR count). The van der Waals surface area contributed by atoms with Crippen molar-refractivity contribution in [1.29, 1.82) is 0 Å². The van der Waals surface area contributed by atoms with Crippen LogP contribution in [0.3, 0.4) is 0 Å². The first-order valence-electron chi connectivity index (χ1n) is 6.68. The number of nitrogens with two attached hydrogens (primary N) is 1. The summed E-state index contributed by atoms with van der Waals surface area (Å²) in [6.45, 7) is 4.90. The van der Waals surface area contributed by atoms with Gasteiger partial charge in [0, 0.05) is 6.42 Å². The van der Waals surface area contributed by atoms with E-state index in [1.165, 1.54) is 5.56 Å². The minimum Gasteiger partial charge on any atom is -0.349 e. The SMILES string of the molecule is CC(C)CC(NC(=O)CCCN)c1ccccc1.Cl. The Bertz CT molecular complexity index is 354. The topological polar surface area (TPSA) is 55.1 Å². The lowest BCUT2D eigenvalue weighted by atomic mass is 9.97. The second-order valence-corrected chi connectivity index (χ2v) is 5.05. The first-order chi connectivity index (χ1) is 8.63. The third kappa shape index (κ3) is 7.19. The normalized spacial score (nSPS) is 11.8. The van der Waals surface area contributed by atoms with Crippen LogP contribution in [-0.4, -0.2) is 12.5 Å². The molecule has 0 bridgehead atoms. The Morgan fingerprint density at radius 3 is 2.42 bits per heavy atom. The van der Waals surface area contributed by atoms with Crippen LogP contribution in [0.1, 0.15) is 44.7 Å². The molecule has 0 radical (unpaired) electrons. The zero-order valence-electron chi connectivity index (χ0n) is 11.8. The van der Waals surface area contributed by atoms with Crippen LogP contribution in [0, 0.1) is 5.92 Å². The Kier molecular flexibility index (Phi) is 9.27. The summed E-state index contributed by atoms with van der Waals surface area (Å²) in [6.07, 6.45) is 2.21. The molecule has 1 atom stereocenters. The van der Waals surface area contributed by atoms with Gasteiger partial charge in [-0.2, -0.15) is 0 Å². The summed E-state index contributed by atoms with van der Waals surface area (Å²) in [6, 6.07) is 10.2. The van der Waals surface area contributed by atoms with E-state index < -0.39 is 0 Å². The number of amides is 1. The van der Waals surface area contributed by atoms with Gasteiger partial charge in [0.05, 0.1) is 6.04 Å². The number of benzene rings is 1. The number of carbonyl (C=O) groups excluding carboxylic acids is 1. The number of nitrogens with one attached hydrogen (secondary N) is 1. The molecule has 0 heterocycles. The summed E-state index contributed by atoms with van der Waals surface area (Å²) in [4.78, 5) is 11.8. The third-order valence-electron chi connectivity index (χ3n) is 2.85. The van der Waals surface area contributed by atoms with Crippen LogP contribution in [0.2, 0.25) is 0 Å². The molecular weight excluding hydrogens is 260 g/mol. The lowest BCUT2D eigenvalue weighted by molar-refractivity contribution is -0.122. The number of carbonyl (C=O) groups is 1. The van der Waals surface area contributed by atoms with E-state index in [0.717, 1.165) is 12.8 Å². The van der Waals surface area contributed by atoms with Crippen LogP contribution in [0.5, 0.6) is 0 Å². The van der Waals surface area contributed by atoms with Crippen LogP contribution < -0.4 is 11.1 Å². The predicted molar refractivity (Wildman–Crippen MR) is 82.3 cm³/mol. The van der Waals surface area contributed by atoms with E-state index in [9.17, 15) is 4.79 Å². The molecule has 1 aromatic rings. The Morgan fingerprint density at radius 1 is 1.26 bits per heavy atom. The van der Waals surface area contributed by atoms with Gasteiger partial charge in [-0.05, 0) is 30.9 Å².